The summed E-state index contributed by atoms with van der Waals surface area (Å²) >= 11 is -0.1000. The normalized spacial score (nSPS) is 2.25. The molecule has 0 spiro atoms. The Bertz CT molecular complexity index is 8.00. The summed E-state index contributed by atoms with van der Waals surface area (Å²) in [6.07, 6.45) is 0. The predicted molar refractivity (Wildman–Crippen MR) is 14.9 cm³/mol. The van der Waals surface area contributed by atoms with E-state index in [1.165, 1.54) is 0 Å². The van der Waals surface area contributed by atoms with Crippen molar-refractivity contribution in [1.29, 1.82) is 0 Å². The second-order valence-electron chi connectivity index (χ2n) is 0. The van der Waals surface area contributed by atoms with Crippen molar-refractivity contribution < 1.29 is 7.25 Å². The van der Waals surface area contributed by atoms with Crippen LogP contribution in [-0.4, -0.2) is 31.6 Å². The summed E-state index contributed by atoms with van der Waals surface area (Å²) in [7, 11) is 0.500. The molecule has 0 N–H and O–H groups in total. The summed E-state index contributed by atoms with van der Waals surface area (Å²) in [4.78, 5) is 0. The zero-order valence-corrected chi connectivity index (χ0v) is 6.53. The van der Waals surface area contributed by atoms with E-state index in [9.17, 15) is 4.39 Å². The molecule has 0 aliphatic carbocycles. The molecule has 0 saturated heterocycles. The second kappa shape index (κ2) is 67.6. The van der Waals surface area contributed by atoms with Crippen LogP contribution < -0.4 is 0 Å². The Morgan fingerprint density at radius 2 is 1.50 bits per heavy atom. The summed E-state index contributed by atoms with van der Waals surface area (Å²) in [5, 5.41) is 0. The number of hydrogen-bond acceptors (Lipinski definition) is 1. The molecule has 0 amide bonds. The van der Waals surface area contributed by atoms with E-state index in [0.717, 1.165) is 0 Å². The monoisotopic (exact) mass is 166 g/mol. The Hall–Kier alpha value is 0.600. The van der Waals surface area contributed by atoms with Crippen LogP contribution >= 0.6 is 0 Å². The van der Waals surface area contributed by atoms with E-state index in [2.05, 4.69) is 0 Å². The van der Waals surface area contributed by atoms with E-state index in [4.69, 9.17) is 2.85 Å². The van der Waals surface area contributed by atoms with Gasteiger partial charge < -0.3 is 0 Å². The molecular weight excluding hydrogens is 162 g/mol. The number of hydrogen-bond donors (Lipinski definition) is 0. The molecule has 0 aliphatic rings. The van der Waals surface area contributed by atoms with Crippen LogP contribution in [0, 0.1) is 0 Å². The van der Waals surface area contributed by atoms with Crippen LogP contribution in [0.3, 0.4) is 0 Å². The molecule has 0 fully saturated rings. The minimum absolute atomic E-state index is 0.1000. The van der Waals surface area contributed by atoms with Gasteiger partial charge in [-0.15, -0.1) is 0 Å². The van der Waals surface area contributed by atoms with Gasteiger partial charge in [0.1, 0.15) is 0 Å². The van der Waals surface area contributed by atoms with Gasteiger partial charge in [0.2, 0.25) is 0 Å². The maximum atomic E-state index is 9.50. The van der Waals surface area contributed by atoms with Crippen molar-refractivity contribution in [2.75, 3.05) is 7.18 Å². The molecule has 0 saturated carbocycles. The van der Waals surface area contributed by atoms with E-state index in [-0.39, 0.29) is 24.4 Å². The van der Waals surface area contributed by atoms with Crippen molar-refractivity contribution in [2.24, 2.45) is 0 Å². The van der Waals surface area contributed by atoms with Crippen molar-refractivity contribution in [3.63, 3.8) is 0 Å². The van der Waals surface area contributed by atoms with E-state index in [1.54, 1.807) is 0 Å². The molecule has 0 aliphatic heterocycles. The summed E-state index contributed by atoms with van der Waals surface area (Å²) in [5.41, 5.74) is 0. The van der Waals surface area contributed by atoms with Crippen molar-refractivity contribution in [1.82, 2.24) is 0 Å². The average Bonchev–Trinajstić information content (AvgIpc) is 1.50. The second-order valence-corrected chi connectivity index (χ2v) is 0. The fourth-order valence-electron chi connectivity index (χ4n) is 0. The van der Waals surface area contributed by atoms with Crippen molar-refractivity contribution >= 4 is 24.4 Å². The molecule has 0 rings (SSSR count). The molecule has 3 heteroatoms. The first-order valence-corrected chi connectivity index (χ1v) is 2.31. The third-order valence-electron chi connectivity index (χ3n) is 0. The Kier molecular flexibility index (Phi) is 149. The topological polar surface area (TPSA) is 17.1 Å². The Labute approximate surface area is 39.2 Å². The quantitative estimate of drug-likeness (QED) is 0.487. The predicted octanol–water partition coefficient (Wildman–Crippen LogP) is -0.182. The molecule has 0 aromatic rings. The summed E-state index contributed by atoms with van der Waals surface area (Å²) in [6.45, 7) is 0. The molecular formula is CH4FInO. The molecule has 1 nitrogen and oxygen atoms in total. The fraction of sp³-hybridized carbons (Fsp3) is 1.00. The van der Waals surface area contributed by atoms with Crippen molar-refractivity contribution in [3.05, 3.63) is 0 Å². The zero-order valence-electron chi connectivity index (χ0n) is 2.49. The number of alkyl halides is 1. The molecule has 0 aromatic carbocycles. The summed E-state index contributed by atoms with van der Waals surface area (Å²) in [5.74, 6) is 0. The molecule has 0 bridgehead atoms. The Morgan fingerprint density at radius 1 is 1.50 bits per heavy atom. The van der Waals surface area contributed by atoms with Gasteiger partial charge in [-0.3, -0.25) is 4.39 Å². The van der Waals surface area contributed by atoms with E-state index in [0.29, 0.717) is 7.18 Å². The summed E-state index contributed by atoms with van der Waals surface area (Å²) < 4.78 is 17.9. The zero-order chi connectivity index (χ0) is 4.00. The minimum atomic E-state index is -0.1000. The average molecular weight is 166 g/mol. The first-order chi connectivity index (χ1) is 2.00. The van der Waals surface area contributed by atoms with Crippen LogP contribution in [0.1, 0.15) is 0 Å². The van der Waals surface area contributed by atoms with Gasteiger partial charge in [0.15, 0.2) is 0 Å². The van der Waals surface area contributed by atoms with E-state index >= 15 is 0 Å². The first-order valence-electron chi connectivity index (χ1n) is 0.667. The van der Waals surface area contributed by atoms with Gasteiger partial charge in [0.05, 0.1) is 7.18 Å². The standard InChI is InChI=1S/CH3F.In.O.H/c1-2;;;/h1H3;;;. The molecule has 0 heterocycles. The molecule has 4 heavy (non-hydrogen) atoms. The van der Waals surface area contributed by atoms with Crippen molar-refractivity contribution in [2.45, 2.75) is 0 Å². The van der Waals surface area contributed by atoms with Gasteiger partial charge in [0.25, 0.3) is 0 Å². The molecule has 0 unspecified atom stereocenters. The third-order valence-corrected chi connectivity index (χ3v) is 0. The van der Waals surface area contributed by atoms with Gasteiger partial charge in [-0.2, -0.15) is 0 Å². The molecule has 24 valence electrons. The number of halogens is 1. The van der Waals surface area contributed by atoms with Crippen molar-refractivity contribution in [3.8, 4) is 0 Å². The maximum absolute atomic E-state index is 9.50. The van der Waals surface area contributed by atoms with Crippen LogP contribution in [0.15, 0.2) is 0 Å². The third kappa shape index (κ3) is 18.5. The van der Waals surface area contributed by atoms with Crippen LogP contribution in [0.2, 0.25) is 0 Å². The Morgan fingerprint density at radius 3 is 1.50 bits per heavy atom. The number of rotatable bonds is 0. The van der Waals surface area contributed by atoms with Gasteiger partial charge in [-0.05, 0) is 0 Å². The molecule has 0 aromatic heterocycles. The van der Waals surface area contributed by atoms with E-state index in [1.807, 2.05) is 0 Å². The van der Waals surface area contributed by atoms with Gasteiger partial charge in [0, 0.05) is 0 Å². The fourth-order valence-corrected chi connectivity index (χ4v) is 0. The van der Waals surface area contributed by atoms with Gasteiger partial charge in [-0.1, -0.05) is 0 Å². The van der Waals surface area contributed by atoms with Crippen LogP contribution in [0.25, 0.3) is 0 Å². The van der Waals surface area contributed by atoms with E-state index < -0.39 is 0 Å². The SMILES string of the molecule is CF.[O]=[InH]. The first kappa shape index (κ1) is 8.82. The van der Waals surface area contributed by atoms with Gasteiger partial charge >= 0.3 is 27.2 Å². The van der Waals surface area contributed by atoms with Crippen LogP contribution in [-0.2, 0) is 2.85 Å². The molecule has 0 atom stereocenters. The van der Waals surface area contributed by atoms with Gasteiger partial charge in [-0.25, -0.2) is 0 Å². The Balaban J connectivity index is 0. The van der Waals surface area contributed by atoms with Crippen LogP contribution in [0.4, 0.5) is 4.39 Å². The van der Waals surface area contributed by atoms with Crippen LogP contribution in [0.5, 0.6) is 0 Å². The summed E-state index contributed by atoms with van der Waals surface area (Å²) in [6, 6.07) is 0. The molecule has 0 radical (unpaired) electrons.